The number of benzene rings is 1. The number of nitrogens with zero attached hydrogens (tertiary/aromatic N) is 3. The van der Waals surface area contributed by atoms with Gasteiger partial charge in [-0.2, -0.15) is 0 Å². The Bertz CT molecular complexity index is 821. The summed E-state index contributed by atoms with van der Waals surface area (Å²) in [6, 6.07) is 5.13. The van der Waals surface area contributed by atoms with Crippen molar-refractivity contribution >= 4 is 22.9 Å². The van der Waals surface area contributed by atoms with E-state index in [0.29, 0.717) is 11.1 Å². The van der Waals surface area contributed by atoms with E-state index >= 15 is 0 Å². The summed E-state index contributed by atoms with van der Waals surface area (Å²) in [6.45, 7) is 4.13. The van der Waals surface area contributed by atoms with Crippen molar-refractivity contribution in [3.05, 3.63) is 35.2 Å². The highest BCUT2D eigenvalue weighted by Gasteiger charge is 2.35. The van der Waals surface area contributed by atoms with Crippen molar-refractivity contribution in [1.29, 1.82) is 0 Å². The first-order valence-electron chi connectivity index (χ1n) is 7.79. The van der Waals surface area contributed by atoms with Crippen LogP contribution in [0.2, 0.25) is 0 Å². The molecule has 1 aromatic carbocycles. The predicted molar refractivity (Wildman–Crippen MR) is 86.7 cm³/mol. The van der Waals surface area contributed by atoms with Crippen molar-refractivity contribution < 1.29 is 19.8 Å². The van der Waals surface area contributed by atoms with E-state index in [9.17, 15) is 14.7 Å². The minimum atomic E-state index is -0.972. The summed E-state index contributed by atoms with van der Waals surface area (Å²) < 4.78 is 0. The average Bonchev–Trinajstić information content (AvgIpc) is 2.87. The molecule has 0 unspecified atom stereocenters. The average molecular weight is 329 g/mol. The fourth-order valence-corrected chi connectivity index (χ4v) is 2.99. The Labute approximate surface area is 139 Å². The van der Waals surface area contributed by atoms with Crippen molar-refractivity contribution in [1.82, 2.24) is 14.9 Å². The molecule has 3 rings (SSSR count). The normalized spacial score (nSPS) is 20.5. The van der Waals surface area contributed by atoms with Gasteiger partial charge in [0, 0.05) is 24.6 Å². The number of carbonyl (C=O) groups excluding carboxylic acids is 1. The molecule has 2 heterocycles. The third-order valence-electron chi connectivity index (χ3n) is 4.45. The number of fused-ring (bicyclic) bond motifs is 1. The number of aliphatic hydroxyl groups is 1. The second-order valence-corrected chi connectivity index (χ2v) is 6.23. The Morgan fingerprint density at radius 3 is 2.50 bits per heavy atom. The summed E-state index contributed by atoms with van der Waals surface area (Å²) in [5, 5.41) is 18.8. The first-order chi connectivity index (χ1) is 11.3. The number of carboxylic acid groups (broad SMARTS) is 1. The molecule has 0 saturated carbocycles. The van der Waals surface area contributed by atoms with E-state index < -0.39 is 18.0 Å². The number of rotatable bonds is 3. The van der Waals surface area contributed by atoms with Gasteiger partial charge in [-0.15, -0.1) is 0 Å². The van der Waals surface area contributed by atoms with Crippen molar-refractivity contribution in [3.8, 4) is 0 Å². The Balaban J connectivity index is 1.84. The smallest absolute Gasteiger partial charge is 0.303 e. The zero-order chi connectivity index (χ0) is 17.4. The third-order valence-corrected chi connectivity index (χ3v) is 4.45. The number of aryl methyl sites for hydroxylation is 2. The van der Waals surface area contributed by atoms with E-state index in [1.165, 1.54) is 4.90 Å². The zero-order valence-electron chi connectivity index (χ0n) is 13.6. The first-order valence-corrected chi connectivity index (χ1v) is 7.79. The van der Waals surface area contributed by atoms with Gasteiger partial charge in [0.1, 0.15) is 0 Å². The summed E-state index contributed by atoms with van der Waals surface area (Å²) in [4.78, 5) is 33.8. The largest absolute Gasteiger partial charge is 0.481 e. The van der Waals surface area contributed by atoms with Crippen LogP contribution >= 0.6 is 0 Å². The SMILES string of the molecule is Cc1nc2ccc(C(=O)N3C[C@@H](CC(=O)O)[C@H](O)C3)cc2nc1C. The summed E-state index contributed by atoms with van der Waals surface area (Å²) >= 11 is 0. The molecule has 0 spiro atoms. The van der Waals surface area contributed by atoms with E-state index in [2.05, 4.69) is 9.97 Å². The number of hydrogen-bond donors (Lipinski definition) is 2. The molecule has 1 fully saturated rings. The second-order valence-electron chi connectivity index (χ2n) is 6.23. The summed E-state index contributed by atoms with van der Waals surface area (Å²) in [7, 11) is 0. The van der Waals surface area contributed by atoms with Crippen molar-refractivity contribution in [2.75, 3.05) is 13.1 Å². The molecule has 7 nitrogen and oxygen atoms in total. The molecule has 126 valence electrons. The molecule has 1 aromatic heterocycles. The lowest BCUT2D eigenvalue weighted by atomic mass is 10.0. The molecule has 7 heteroatoms. The molecular formula is C17H19N3O4. The lowest BCUT2D eigenvalue weighted by Crippen LogP contribution is -2.29. The fraction of sp³-hybridized carbons (Fsp3) is 0.412. The van der Waals surface area contributed by atoms with Crippen molar-refractivity contribution in [3.63, 3.8) is 0 Å². The highest BCUT2D eigenvalue weighted by Crippen LogP contribution is 2.23. The molecule has 0 radical (unpaired) electrons. The minimum absolute atomic E-state index is 0.146. The number of amides is 1. The van der Waals surface area contributed by atoms with Crippen LogP contribution in [0.15, 0.2) is 18.2 Å². The highest BCUT2D eigenvalue weighted by molar-refractivity contribution is 5.97. The molecule has 1 amide bonds. The van der Waals surface area contributed by atoms with E-state index in [1.807, 2.05) is 13.8 Å². The van der Waals surface area contributed by atoms with Crippen LogP contribution in [0.1, 0.15) is 28.2 Å². The van der Waals surface area contributed by atoms with Crippen LogP contribution in [0.3, 0.4) is 0 Å². The highest BCUT2D eigenvalue weighted by atomic mass is 16.4. The Kier molecular flexibility index (Phi) is 4.19. The van der Waals surface area contributed by atoms with Gasteiger partial charge >= 0.3 is 5.97 Å². The second kappa shape index (κ2) is 6.16. The van der Waals surface area contributed by atoms with E-state index in [0.717, 1.165) is 16.9 Å². The molecule has 24 heavy (non-hydrogen) atoms. The zero-order valence-corrected chi connectivity index (χ0v) is 13.6. The lowest BCUT2D eigenvalue weighted by Gasteiger charge is -2.16. The topological polar surface area (TPSA) is 104 Å². The van der Waals surface area contributed by atoms with Crippen molar-refractivity contribution in [2.24, 2.45) is 5.92 Å². The van der Waals surface area contributed by atoms with Gasteiger partial charge in [-0.05, 0) is 32.0 Å². The molecule has 2 aromatic rings. The Morgan fingerprint density at radius 2 is 1.83 bits per heavy atom. The number of aliphatic hydroxyl groups excluding tert-OH is 1. The summed E-state index contributed by atoms with van der Waals surface area (Å²) in [5.41, 5.74) is 3.49. The number of aliphatic carboxylic acids is 1. The maximum absolute atomic E-state index is 12.6. The van der Waals surface area contributed by atoms with Gasteiger partial charge in [0.25, 0.3) is 5.91 Å². The van der Waals surface area contributed by atoms with E-state index in [4.69, 9.17) is 5.11 Å². The number of carbonyl (C=O) groups is 2. The quantitative estimate of drug-likeness (QED) is 0.875. The predicted octanol–water partition coefficient (Wildman–Crippen LogP) is 1.15. The minimum Gasteiger partial charge on any atom is -0.481 e. The van der Waals surface area contributed by atoms with E-state index in [1.54, 1.807) is 18.2 Å². The maximum atomic E-state index is 12.6. The van der Waals surface area contributed by atoms with Crippen LogP contribution in [0, 0.1) is 19.8 Å². The maximum Gasteiger partial charge on any atom is 0.303 e. The molecule has 2 atom stereocenters. The van der Waals surface area contributed by atoms with Crippen molar-refractivity contribution in [2.45, 2.75) is 26.4 Å². The molecule has 1 aliphatic heterocycles. The summed E-state index contributed by atoms with van der Waals surface area (Å²) in [6.07, 6.45) is -0.956. The van der Waals surface area contributed by atoms with Crippen LogP contribution < -0.4 is 0 Å². The van der Waals surface area contributed by atoms with Gasteiger partial charge < -0.3 is 15.1 Å². The van der Waals surface area contributed by atoms with Gasteiger partial charge in [-0.1, -0.05) is 0 Å². The van der Waals surface area contributed by atoms with Gasteiger partial charge in [-0.3, -0.25) is 9.59 Å². The molecule has 0 bridgehead atoms. The third kappa shape index (κ3) is 3.07. The van der Waals surface area contributed by atoms with Crippen LogP contribution in [0.5, 0.6) is 0 Å². The first kappa shape index (κ1) is 16.3. The number of β-amino-alcohol motifs (C(OH)–C–C–N with tert-alkyl or cyclic N) is 1. The Morgan fingerprint density at radius 1 is 1.17 bits per heavy atom. The van der Waals surface area contributed by atoms with Gasteiger partial charge in [0.05, 0.1) is 34.9 Å². The van der Waals surface area contributed by atoms with Crippen LogP contribution in [0.4, 0.5) is 0 Å². The summed E-state index contributed by atoms with van der Waals surface area (Å²) in [5.74, 6) is -1.64. The number of hydrogen-bond acceptors (Lipinski definition) is 5. The number of aromatic nitrogens is 2. The standard InChI is InChI=1S/C17H19N3O4/c1-9-10(2)19-14-5-11(3-4-13(14)18-9)17(24)20-7-12(6-16(22)23)15(21)8-20/h3-5,12,15,21H,6-8H2,1-2H3,(H,22,23)/t12-,15-/m1/s1. The Hall–Kier alpha value is -2.54. The molecular weight excluding hydrogens is 310 g/mol. The monoisotopic (exact) mass is 329 g/mol. The van der Waals surface area contributed by atoms with Gasteiger partial charge in [-0.25, -0.2) is 9.97 Å². The van der Waals surface area contributed by atoms with Crippen LogP contribution in [0.25, 0.3) is 11.0 Å². The number of carboxylic acids is 1. The van der Waals surface area contributed by atoms with Crippen LogP contribution in [-0.2, 0) is 4.79 Å². The molecule has 2 N–H and O–H groups in total. The van der Waals surface area contributed by atoms with Gasteiger partial charge in [0.15, 0.2) is 0 Å². The lowest BCUT2D eigenvalue weighted by molar-refractivity contribution is -0.138. The number of likely N-dealkylation sites (tertiary alicyclic amines) is 1. The molecule has 1 saturated heterocycles. The van der Waals surface area contributed by atoms with Crippen LogP contribution in [-0.4, -0.2) is 56.2 Å². The van der Waals surface area contributed by atoms with Gasteiger partial charge in [0.2, 0.25) is 0 Å². The fourth-order valence-electron chi connectivity index (χ4n) is 2.99. The molecule has 0 aliphatic carbocycles. The van der Waals surface area contributed by atoms with E-state index in [-0.39, 0.29) is 25.4 Å². The molecule has 1 aliphatic rings.